The number of phenols is 4. The molecule has 2 fully saturated rings. The van der Waals surface area contributed by atoms with Gasteiger partial charge in [-0.15, -0.1) is 0 Å². The summed E-state index contributed by atoms with van der Waals surface area (Å²) in [7, 11) is 2.59. The molecule has 2 aliphatic heterocycles. The summed E-state index contributed by atoms with van der Waals surface area (Å²) in [5, 5.41) is 104. The standard InChI is InChI=1S/C38H40O20/c1-51-21-9-15(3-6-18(21)41)4-8-26(44)53-14-25-29(46)32(49)36(58-37-33(50)31(48)28(45)24(13-39)55-37)38(56-25)57-35-30(47)27-20(43)11-17(40)12-23(27)54-34(35)16-5-7-19(42)22(10-16)52-2/h3-12,24-25,28-29,31-33,36-43,45-46,48-50H,13-14H2,1-2H3/b8-4+/t24-,25-,28+,29-,31+,32+,33-,36-,37+,38+/m1/s1. The van der Waals surface area contributed by atoms with E-state index in [4.69, 9.17) is 37.6 Å². The molecule has 10 N–H and O–H groups in total. The highest BCUT2D eigenvalue weighted by Gasteiger charge is 2.52. The summed E-state index contributed by atoms with van der Waals surface area (Å²) in [5.74, 6) is -3.70. The van der Waals surface area contributed by atoms with Gasteiger partial charge in [0.1, 0.15) is 71.8 Å². The Hall–Kier alpha value is -5.68. The number of carbonyl (C=O) groups is 1. The highest BCUT2D eigenvalue weighted by atomic mass is 16.8. The molecule has 4 aromatic rings. The first-order chi connectivity index (χ1) is 27.6. The fourth-order valence-corrected chi connectivity index (χ4v) is 6.29. The number of aliphatic hydroxyl groups is 6. The van der Waals surface area contributed by atoms with Crippen LogP contribution in [0.4, 0.5) is 0 Å². The number of methoxy groups -OCH3 is 2. The Morgan fingerprint density at radius 3 is 2.10 bits per heavy atom. The summed E-state index contributed by atoms with van der Waals surface area (Å²) < 4.78 is 44.7. The zero-order valence-electron chi connectivity index (χ0n) is 30.5. The molecule has 312 valence electrons. The Morgan fingerprint density at radius 2 is 1.41 bits per heavy atom. The summed E-state index contributed by atoms with van der Waals surface area (Å²) in [5.41, 5.74) is -0.932. The van der Waals surface area contributed by atoms with Crippen LogP contribution in [0.1, 0.15) is 5.56 Å². The molecule has 1 aromatic heterocycles. The number of carbonyl (C=O) groups excluding carboxylic acids is 1. The Balaban J connectivity index is 1.37. The highest BCUT2D eigenvalue weighted by Crippen LogP contribution is 2.40. The molecule has 0 spiro atoms. The lowest BCUT2D eigenvalue weighted by Crippen LogP contribution is -2.65. The third-order valence-electron chi connectivity index (χ3n) is 9.38. The van der Waals surface area contributed by atoms with Crippen molar-refractivity contribution in [2.75, 3.05) is 27.4 Å². The van der Waals surface area contributed by atoms with Crippen LogP contribution in [0.3, 0.4) is 0 Å². The van der Waals surface area contributed by atoms with E-state index in [1.165, 1.54) is 56.7 Å². The second kappa shape index (κ2) is 17.4. The van der Waals surface area contributed by atoms with Gasteiger partial charge in [-0.2, -0.15) is 0 Å². The van der Waals surface area contributed by atoms with Crippen LogP contribution < -0.4 is 19.6 Å². The van der Waals surface area contributed by atoms with Crippen molar-refractivity contribution in [3.05, 3.63) is 70.4 Å². The van der Waals surface area contributed by atoms with Crippen LogP contribution >= 0.6 is 0 Å². The number of benzene rings is 3. The van der Waals surface area contributed by atoms with Gasteiger partial charge in [0.2, 0.25) is 17.5 Å². The van der Waals surface area contributed by atoms with Crippen molar-refractivity contribution in [2.24, 2.45) is 0 Å². The largest absolute Gasteiger partial charge is 0.508 e. The maximum absolute atomic E-state index is 14.2. The van der Waals surface area contributed by atoms with E-state index in [9.17, 15) is 60.7 Å². The van der Waals surface area contributed by atoms with E-state index in [0.29, 0.717) is 5.56 Å². The predicted octanol–water partition coefficient (Wildman–Crippen LogP) is -0.433. The molecule has 0 aliphatic carbocycles. The van der Waals surface area contributed by atoms with Crippen LogP contribution in [-0.4, -0.2) is 146 Å². The van der Waals surface area contributed by atoms with Gasteiger partial charge in [0.25, 0.3) is 0 Å². The van der Waals surface area contributed by atoms with Crippen molar-refractivity contribution in [3.63, 3.8) is 0 Å². The number of ether oxygens (including phenoxy) is 7. The van der Waals surface area contributed by atoms with E-state index in [0.717, 1.165) is 18.2 Å². The quantitative estimate of drug-likeness (QED) is 0.0640. The normalized spacial score (nSPS) is 27.4. The van der Waals surface area contributed by atoms with Crippen LogP contribution in [0.2, 0.25) is 0 Å². The molecule has 0 amide bonds. The van der Waals surface area contributed by atoms with Crippen LogP contribution in [0.5, 0.6) is 40.2 Å². The third kappa shape index (κ3) is 8.45. The molecule has 0 radical (unpaired) electrons. The maximum atomic E-state index is 14.2. The summed E-state index contributed by atoms with van der Waals surface area (Å²) in [6.45, 7) is -1.60. The third-order valence-corrected chi connectivity index (χ3v) is 9.38. The van der Waals surface area contributed by atoms with E-state index >= 15 is 0 Å². The summed E-state index contributed by atoms with van der Waals surface area (Å²) in [6, 6.07) is 9.89. The summed E-state index contributed by atoms with van der Waals surface area (Å²) in [6.07, 6.45) is -16.5. The number of phenolic OH excluding ortho intramolecular Hbond substituents is 4. The van der Waals surface area contributed by atoms with Gasteiger partial charge in [0.15, 0.2) is 41.2 Å². The number of rotatable bonds is 12. The molecule has 58 heavy (non-hydrogen) atoms. The topological polar surface area (TPSA) is 314 Å². The predicted molar refractivity (Wildman–Crippen MR) is 194 cm³/mol. The van der Waals surface area contributed by atoms with Gasteiger partial charge < -0.3 is 88.6 Å². The van der Waals surface area contributed by atoms with Crippen LogP contribution in [-0.2, 0) is 23.7 Å². The summed E-state index contributed by atoms with van der Waals surface area (Å²) >= 11 is 0. The van der Waals surface area contributed by atoms with Crippen molar-refractivity contribution in [3.8, 4) is 51.6 Å². The molecule has 0 saturated carbocycles. The zero-order valence-corrected chi connectivity index (χ0v) is 30.5. The van der Waals surface area contributed by atoms with E-state index < -0.39 is 114 Å². The molecule has 6 rings (SSSR count). The van der Waals surface area contributed by atoms with Crippen molar-refractivity contribution in [1.82, 2.24) is 0 Å². The summed E-state index contributed by atoms with van der Waals surface area (Å²) in [4.78, 5) is 26.9. The van der Waals surface area contributed by atoms with E-state index in [1.54, 1.807) is 0 Å². The van der Waals surface area contributed by atoms with Gasteiger partial charge in [0.05, 0.1) is 20.8 Å². The average molecular weight is 817 g/mol. The lowest BCUT2D eigenvalue weighted by atomic mass is 9.97. The van der Waals surface area contributed by atoms with Crippen LogP contribution in [0.25, 0.3) is 28.4 Å². The molecule has 0 unspecified atom stereocenters. The number of aliphatic hydroxyl groups excluding tert-OH is 6. The highest BCUT2D eigenvalue weighted by molar-refractivity contribution is 5.88. The molecule has 10 atom stereocenters. The van der Waals surface area contributed by atoms with Gasteiger partial charge in [0, 0.05) is 23.8 Å². The van der Waals surface area contributed by atoms with Crippen LogP contribution in [0.15, 0.2) is 63.8 Å². The first-order valence-electron chi connectivity index (χ1n) is 17.4. The second-order valence-corrected chi connectivity index (χ2v) is 13.1. The second-order valence-electron chi connectivity index (χ2n) is 13.1. The zero-order chi connectivity index (χ0) is 42.0. The fourth-order valence-electron chi connectivity index (χ4n) is 6.29. The van der Waals surface area contributed by atoms with Crippen molar-refractivity contribution >= 4 is 23.0 Å². The van der Waals surface area contributed by atoms with Crippen molar-refractivity contribution in [2.45, 2.75) is 61.4 Å². The lowest BCUT2D eigenvalue weighted by molar-refractivity contribution is -0.358. The molecule has 2 aliphatic rings. The monoisotopic (exact) mass is 816 g/mol. The molecule has 3 aromatic carbocycles. The van der Waals surface area contributed by atoms with Gasteiger partial charge in [-0.25, -0.2) is 4.79 Å². The van der Waals surface area contributed by atoms with Gasteiger partial charge in [-0.3, -0.25) is 4.79 Å². The Bertz CT molecular complexity index is 2200. The average Bonchev–Trinajstić information content (AvgIpc) is 3.20. The Kier molecular flexibility index (Phi) is 12.6. The van der Waals surface area contributed by atoms with E-state index in [2.05, 4.69) is 0 Å². The molecule has 20 heteroatoms. The minimum atomic E-state index is -2.08. The fraction of sp³-hybridized carbons (Fsp3) is 0.368. The molecule has 2 saturated heterocycles. The lowest BCUT2D eigenvalue weighted by Gasteiger charge is -2.45. The first kappa shape index (κ1) is 41.9. The van der Waals surface area contributed by atoms with Crippen LogP contribution in [0, 0.1) is 0 Å². The Labute approximate surface area is 327 Å². The number of esters is 1. The van der Waals surface area contributed by atoms with Crippen molar-refractivity contribution in [1.29, 1.82) is 0 Å². The van der Waals surface area contributed by atoms with E-state index in [1.807, 2.05) is 0 Å². The Morgan fingerprint density at radius 1 is 0.759 bits per heavy atom. The number of fused-ring (bicyclic) bond motifs is 1. The number of hydrogen-bond donors (Lipinski definition) is 10. The maximum Gasteiger partial charge on any atom is 0.330 e. The molecule has 20 nitrogen and oxygen atoms in total. The molecular formula is C38H40O20. The van der Waals surface area contributed by atoms with Gasteiger partial charge in [-0.1, -0.05) is 6.07 Å². The minimum Gasteiger partial charge on any atom is -0.508 e. The minimum absolute atomic E-state index is 0.0257. The first-order valence-corrected chi connectivity index (χ1v) is 17.4. The molecule has 3 heterocycles. The molecular weight excluding hydrogens is 776 g/mol. The van der Waals surface area contributed by atoms with Crippen molar-refractivity contribution < 1.29 is 93.4 Å². The molecule has 0 bridgehead atoms. The van der Waals surface area contributed by atoms with Gasteiger partial charge in [-0.05, 0) is 42.0 Å². The van der Waals surface area contributed by atoms with E-state index in [-0.39, 0.29) is 34.1 Å². The SMILES string of the molecule is COc1cc(/C=C/C(=O)OC[C@H]2O[C@@H](Oc3c(-c4ccc(O)c(OC)c4)oc4cc(O)cc(O)c4c3=O)[C@H](O[C@@H]3O[C@H](CO)[C@H](O)[C@H](O)[C@H]3O)[C@@H](O)[C@@H]2O)ccc1O. The smallest absolute Gasteiger partial charge is 0.330 e. The van der Waals surface area contributed by atoms with Gasteiger partial charge >= 0.3 is 5.97 Å². The number of hydrogen-bond acceptors (Lipinski definition) is 20. The number of aromatic hydroxyl groups is 4.